The van der Waals surface area contributed by atoms with Gasteiger partial charge >= 0.3 is 6.18 Å². The minimum Gasteiger partial charge on any atom is -0.382 e. The molecule has 4 rings (SSSR count). The van der Waals surface area contributed by atoms with Crippen LogP contribution in [0.2, 0.25) is 0 Å². The number of nitrogens with one attached hydrogen (secondary N) is 2. The lowest BCUT2D eigenvalue weighted by Crippen LogP contribution is -2.47. The van der Waals surface area contributed by atoms with Gasteiger partial charge in [-0.1, -0.05) is 18.2 Å². The molecular formula is C23H29F3N4O3S. The number of carbonyl (C=O) groups is 1. The third-order valence-corrected chi connectivity index (χ3v) is 7.98. The number of hydrogen-bond donors (Lipinski definition) is 2. The van der Waals surface area contributed by atoms with Crippen LogP contribution in [-0.2, 0) is 21.0 Å². The summed E-state index contributed by atoms with van der Waals surface area (Å²) in [5, 5.41) is 6.99. The molecule has 186 valence electrons. The van der Waals surface area contributed by atoms with E-state index in [1.54, 1.807) is 24.3 Å². The number of aromatic nitrogens is 1. The monoisotopic (exact) mass is 498 g/mol. The van der Waals surface area contributed by atoms with E-state index >= 15 is 0 Å². The van der Waals surface area contributed by atoms with E-state index in [0.29, 0.717) is 43.4 Å². The highest BCUT2D eigenvalue weighted by atomic mass is 32.2. The first-order chi connectivity index (χ1) is 16.0. The number of para-hydroxylation sites is 1. The quantitative estimate of drug-likeness (QED) is 0.655. The van der Waals surface area contributed by atoms with Crippen LogP contribution in [0.4, 0.5) is 18.9 Å². The number of alkyl halides is 3. The zero-order valence-electron chi connectivity index (χ0n) is 18.9. The number of piperidine rings is 1. The maximum atomic E-state index is 13.4. The average Bonchev–Trinajstić information content (AvgIpc) is 2.78. The van der Waals surface area contributed by atoms with Gasteiger partial charge in [-0.25, -0.2) is 17.7 Å². The van der Waals surface area contributed by atoms with Crippen molar-refractivity contribution in [2.75, 3.05) is 24.7 Å². The lowest BCUT2D eigenvalue weighted by atomic mass is 9.89. The first-order valence-electron chi connectivity index (χ1n) is 11.5. The van der Waals surface area contributed by atoms with Gasteiger partial charge in [0.2, 0.25) is 15.9 Å². The third-order valence-electron chi connectivity index (χ3n) is 6.68. The van der Waals surface area contributed by atoms with Crippen LogP contribution < -0.4 is 10.6 Å². The van der Waals surface area contributed by atoms with Crippen LogP contribution in [0.25, 0.3) is 10.9 Å². The Labute approximate surface area is 197 Å². The largest absolute Gasteiger partial charge is 0.433 e. The molecule has 2 aromatic rings. The van der Waals surface area contributed by atoms with Gasteiger partial charge in [0.1, 0.15) is 5.69 Å². The van der Waals surface area contributed by atoms with Crippen molar-refractivity contribution in [3.63, 3.8) is 0 Å². The Bertz CT molecular complexity index is 1150. The molecule has 7 nitrogen and oxygen atoms in total. The third kappa shape index (κ3) is 5.80. The molecule has 2 heterocycles. The van der Waals surface area contributed by atoms with E-state index in [0.717, 1.165) is 25.3 Å². The van der Waals surface area contributed by atoms with E-state index in [1.807, 2.05) is 0 Å². The van der Waals surface area contributed by atoms with Crippen molar-refractivity contribution in [2.45, 2.75) is 56.8 Å². The first kappa shape index (κ1) is 24.7. The number of benzene rings is 1. The fraction of sp³-hybridized carbons (Fsp3) is 0.565. The second-order valence-electron chi connectivity index (χ2n) is 9.22. The van der Waals surface area contributed by atoms with E-state index in [2.05, 4.69) is 15.6 Å². The minimum atomic E-state index is -4.55. The molecule has 2 aliphatic rings. The number of sulfonamides is 1. The summed E-state index contributed by atoms with van der Waals surface area (Å²) in [5.41, 5.74) is -0.265. The van der Waals surface area contributed by atoms with Gasteiger partial charge < -0.3 is 10.6 Å². The summed E-state index contributed by atoms with van der Waals surface area (Å²) in [7, 11) is -3.25. The normalized spacial score (nSPS) is 23.1. The Hall–Kier alpha value is -2.40. The summed E-state index contributed by atoms with van der Waals surface area (Å²) >= 11 is 0. The van der Waals surface area contributed by atoms with Crippen LogP contribution in [-0.4, -0.2) is 55.0 Å². The van der Waals surface area contributed by atoms with Crippen LogP contribution in [0.5, 0.6) is 0 Å². The number of halogens is 3. The summed E-state index contributed by atoms with van der Waals surface area (Å²) in [6.07, 6.45) is 0.625. The van der Waals surface area contributed by atoms with Gasteiger partial charge in [-0.05, 0) is 50.7 Å². The summed E-state index contributed by atoms with van der Waals surface area (Å²) < 4.78 is 64.9. The van der Waals surface area contributed by atoms with Gasteiger partial charge in [0, 0.05) is 42.2 Å². The Kier molecular flexibility index (Phi) is 7.04. The fourth-order valence-electron chi connectivity index (χ4n) is 4.88. The number of amides is 1. The molecule has 34 heavy (non-hydrogen) atoms. The maximum absolute atomic E-state index is 13.4. The number of carbonyl (C=O) groups excluding carboxylic acids is 1. The number of anilines is 1. The van der Waals surface area contributed by atoms with Crippen molar-refractivity contribution in [1.29, 1.82) is 0 Å². The zero-order valence-corrected chi connectivity index (χ0v) is 19.8. The SMILES string of the molecule is CS(=O)(=O)N1CCC(C(=O)N[C@@H]2CCC[C@H](Nc3cc(C(F)(F)F)nc4ccccc34)C2)CC1. The molecular weight excluding hydrogens is 469 g/mol. The molecule has 0 unspecified atom stereocenters. The van der Waals surface area contributed by atoms with Gasteiger partial charge in [-0.15, -0.1) is 0 Å². The van der Waals surface area contributed by atoms with Crippen LogP contribution in [0.15, 0.2) is 30.3 Å². The molecule has 1 aliphatic heterocycles. The summed E-state index contributed by atoms with van der Waals surface area (Å²) in [6, 6.07) is 7.62. The van der Waals surface area contributed by atoms with Crippen LogP contribution in [0, 0.1) is 5.92 Å². The molecule has 1 aromatic carbocycles. The molecule has 1 saturated carbocycles. The summed E-state index contributed by atoms with van der Waals surface area (Å²) in [5.74, 6) is -0.308. The molecule has 1 saturated heterocycles. The van der Waals surface area contributed by atoms with E-state index < -0.39 is 21.9 Å². The highest BCUT2D eigenvalue weighted by molar-refractivity contribution is 7.88. The fourth-order valence-corrected chi connectivity index (χ4v) is 5.75. The number of rotatable bonds is 5. The first-order valence-corrected chi connectivity index (χ1v) is 13.3. The van der Waals surface area contributed by atoms with Gasteiger partial charge in [0.15, 0.2) is 0 Å². The highest BCUT2D eigenvalue weighted by Gasteiger charge is 2.34. The highest BCUT2D eigenvalue weighted by Crippen LogP contribution is 2.34. The number of nitrogens with zero attached hydrogens (tertiary/aromatic N) is 2. The van der Waals surface area contributed by atoms with Crippen molar-refractivity contribution >= 4 is 32.5 Å². The van der Waals surface area contributed by atoms with Crippen molar-refractivity contribution in [1.82, 2.24) is 14.6 Å². The van der Waals surface area contributed by atoms with Gasteiger partial charge in [0.05, 0.1) is 11.8 Å². The molecule has 1 aliphatic carbocycles. The van der Waals surface area contributed by atoms with Crippen molar-refractivity contribution in [2.24, 2.45) is 5.92 Å². The van der Waals surface area contributed by atoms with Crippen molar-refractivity contribution < 1.29 is 26.4 Å². The second-order valence-corrected chi connectivity index (χ2v) is 11.2. The number of pyridine rings is 1. The van der Waals surface area contributed by atoms with Crippen molar-refractivity contribution in [3.8, 4) is 0 Å². The van der Waals surface area contributed by atoms with E-state index in [-0.39, 0.29) is 29.4 Å². The molecule has 0 radical (unpaired) electrons. The summed E-state index contributed by atoms with van der Waals surface area (Å²) in [6.45, 7) is 0.671. The Morgan fingerprint density at radius 2 is 1.76 bits per heavy atom. The number of fused-ring (bicyclic) bond motifs is 1. The predicted molar refractivity (Wildman–Crippen MR) is 124 cm³/mol. The minimum absolute atomic E-state index is 0.0764. The number of hydrogen-bond acceptors (Lipinski definition) is 5. The predicted octanol–water partition coefficient (Wildman–Crippen LogP) is 3.76. The van der Waals surface area contributed by atoms with E-state index in [4.69, 9.17) is 0 Å². The lowest BCUT2D eigenvalue weighted by molar-refractivity contribution is -0.141. The van der Waals surface area contributed by atoms with E-state index in [9.17, 15) is 26.4 Å². The van der Waals surface area contributed by atoms with Crippen LogP contribution in [0.3, 0.4) is 0 Å². The molecule has 2 N–H and O–H groups in total. The van der Waals surface area contributed by atoms with E-state index in [1.165, 1.54) is 10.6 Å². The smallest absolute Gasteiger partial charge is 0.382 e. The van der Waals surface area contributed by atoms with Crippen LogP contribution in [0.1, 0.15) is 44.2 Å². The van der Waals surface area contributed by atoms with Crippen molar-refractivity contribution in [3.05, 3.63) is 36.0 Å². The topological polar surface area (TPSA) is 91.4 Å². The standard InChI is InChI=1S/C23H29F3N4O3S/c1-34(32,33)30-11-9-15(10-12-30)22(31)28-17-6-4-5-16(13-17)27-20-14-21(23(24,25)26)29-19-8-3-2-7-18(19)20/h2-3,7-8,14-17H,4-6,9-13H2,1H3,(H,27,29)(H,28,31)/t16-,17+/m0/s1. The van der Waals surface area contributed by atoms with Gasteiger partial charge in [0.25, 0.3) is 0 Å². The second kappa shape index (κ2) is 9.69. The molecule has 2 fully saturated rings. The molecule has 1 aromatic heterocycles. The van der Waals surface area contributed by atoms with Crippen LogP contribution >= 0.6 is 0 Å². The van der Waals surface area contributed by atoms with Gasteiger partial charge in [-0.3, -0.25) is 4.79 Å². The maximum Gasteiger partial charge on any atom is 0.433 e. The Morgan fingerprint density at radius 3 is 2.44 bits per heavy atom. The van der Waals surface area contributed by atoms with Gasteiger partial charge in [-0.2, -0.15) is 13.2 Å². The zero-order chi connectivity index (χ0) is 24.5. The molecule has 0 spiro atoms. The molecule has 0 bridgehead atoms. The Balaban J connectivity index is 1.40. The molecule has 2 atom stereocenters. The molecule has 11 heteroatoms. The Morgan fingerprint density at radius 1 is 1.09 bits per heavy atom. The average molecular weight is 499 g/mol. The summed E-state index contributed by atoms with van der Waals surface area (Å²) in [4.78, 5) is 16.5. The lowest BCUT2D eigenvalue weighted by Gasteiger charge is -2.34. The molecule has 1 amide bonds.